The standard InChI is InChI=1S/C19H22F3N3O3S2/c1-3-12(2)25(13-8-9-30(27,28)11-13)16(26)10-29-17-14-6-4-5-7-15(14)23-18(24-17)19(20,21)22/h4-7,12-13H,3,8-11H2,1-2H3. The largest absolute Gasteiger partial charge is 0.451 e. The Labute approximate surface area is 177 Å². The Bertz CT molecular complexity index is 1040. The number of alkyl halides is 3. The maximum absolute atomic E-state index is 13.2. The van der Waals surface area contributed by atoms with Gasteiger partial charge in [-0.05, 0) is 25.8 Å². The van der Waals surface area contributed by atoms with Crippen molar-refractivity contribution in [3.05, 3.63) is 30.1 Å². The summed E-state index contributed by atoms with van der Waals surface area (Å²) in [5, 5.41) is 0.506. The number of nitrogens with zero attached hydrogens (tertiary/aromatic N) is 3. The van der Waals surface area contributed by atoms with E-state index in [1.165, 1.54) is 6.07 Å². The van der Waals surface area contributed by atoms with E-state index in [1.54, 1.807) is 23.1 Å². The van der Waals surface area contributed by atoms with E-state index in [9.17, 15) is 26.4 Å². The van der Waals surface area contributed by atoms with Crippen LogP contribution in [0.2, 0.25) is 0 Å². The van der Waals surface area contributed by atoms with Crippen molar-refractivity contribution >= 4 is 38.4 Å². The Balaban J connectivity index is 1.86. The molecule has 0 spiro atoms. The lowest BCUT2D eigenvalue weighted by molar-refractivity contribution is -0.145. The highest BCUT2D eigenvalue weighted by atomic mass is 32.2. The van der Waals surface area contributed by atoms with Gasteiger partial charge in [0, 0.05) is 17.5 Å². The minimum Gasteiger partial charge on any atom is -0.335 e. The number of fused-ring (bicyclic) bond motifs is 1. The molecule has 2 aromatic rings. The zero-order valence-electron chi connectivity index (χ0n) is 16.5. The summed E-state index contributed by atoms with van der Waals surface area (Å²) < 4.78 is 63.3. The van der Waals surface area contributed by atoms with Crippen LogP contribution in [0.15, 0.2) is 29.3 Å². The first-order chi connectivity index (χ1) is 14.0. The van der Waals surface area contributed by atoms with Crippen LogP contribution in [-0.2, 0) is 20.8 Å². The van der Waals surface area contributed by atoms with Gasteiger partial charge in [-0.2, -0.15) is 13.2 Å². The number of halogens is 3. The third-order valence-corrected chi connectivity index (χ3v) is 7.84. The zero-order chi connectivity index (χ0) is 22.1. The molecule has 2 atom stereocenters. The van der Waals surface area contributed by atoms with Crippen LogP contribution in [0.25, 0.3) is 10.9 Å². The second-order valence-electron chi connectivity index (χ2n) is 7.27. The number of hydrogen-bond acceptors (Lipinski definition) is 6. The van der Waals surface area contributed by atoms with Crippen LogP contribution in [0.3, 0.4) is 0 Å². The van der Waals surface area contributed by atoms with Gasteiger partial charge >= 0.3 is 6.18 Å². The van der Waals surface area contributed by atoms with Gasteiger partial charge in [0.15, 0.2) is 9.84 Å². The molecule has 11 heteroatoms. The van der Waals surface area contributed by atoms with Crippen LogP contribution in [0.5, 0.6) is 0 Å². The molecular weight excluding hydrogens is 439 g/mol. The number of carbonyl (C=O) groups is 1. The van der Waals surface area contributed by atoms with Gasteiger partial charge in [-0.25, -0.2) is 18.4 Å². The SMILES string of the molecule is CCC(C)N(C(=O)CSc1nc(C(F)(F)F)nc2ccccc12)C1CCS(=O)(=O)C1. The predicted molar refractivity (Wildman–Crippen MR) is 109 cm³/mol. The Morgan fingerprint density at radius 2 is 2.00 bits per heavy atom. The Kier molecular flexibility index (Phi) is 6.61. The van der Waals surface area contributed by atoms with Crippen molar-refractivity contribution in [3.8, 4) is 0 Å². The van der Waals surface area contributed by atoms with E-state index in [0.29, 0.717) is 18.2 Å². The smallest absolute Gasteiger partial charge is 0.335 e. The van der Waals surface area contributed by atoms with E-state index in [1.807, 2.05) is 13.8 Å². The number of thioether (sulfide) groups is 1. The van der Waals surface area contributed by atoms with Crippen LogP contribution in [0, 0.1) is 0 Å². The van der Waals surface area contributed by atoms with Crippen LogP contribution in [0.1, 0.15) is 32.5 Å². The molecule has 0 saturated carbocycles. The first-order valence-corrected chi connectivity index (χ1v) is 12.3. The van der Waals surface area contributed by atoms with E-state index in [4.69, 9.17) is 0 Å². The third-order valence-electron chi connectivity index (χ3n) is 5.11. The lowest BCUT2D eigenvalue weighted by atomic mass is 10.1. The van der Waals surface area contributed by atoms with Crippen molar-refractivity contribution in [2.45, 2.75) is 50.0 Å². The Morgan fingerprint density at radius 3 is 2.60 bits per heavy atom. The molecule has 164 valence electrons. The van der Waals surface area contributed by atoms with Gasteiger partial charge < -0.3 is 4.90 Å². The molecule has 3 rings (SSSR count). The number of rotatable bonds is 6. The Morgan fingerprint density at radius 1 is 1.30 bits per heavy atom. The van der Waals surface area contributed by atoms with E-state index >= 15 is 0 Å². The van der Waals surface area contributed by atoms with Gasteiger partial charge in [-0.1, -0.05) is 36.9 Å². The van der Waals surface area contributed by atoms with Crippen molar-refractivity contribution in [2.24, 2.45) is 0 Å². The summed E-state index contributed by atoms with van der Waals surface area (Å²) in [5.74, 6) is -1.75. The molecule has 0 radical (unpaired) electrons. The van der Waals surface area contributed by atoms with Gasteiger partial charge in [0.25, 0.3) is 0 Å². The lowest BCUT2D eigenvalue weighted by Gasteiger charge is -2.33. The first-order valence-electron chi connectivity index (χ1n) is 9.50. The van der Waals surface area contributed by atoms with Gasteiger partial charge in [-0.15, -0.1) is 0 Å². The predicted octanol–water partition coefficient (Wildman–Crippen LogP) is 3.55. The fraction of sp³-hybridized carbons (Fsp3) is 0.526. The van der Waals surface area contributed by atoms with Crippen LogP contribution >= 0.6 is 11.8 Å². The maximum atomic E-state index is 13.2. The summed E-state index contributed by atoms with van der Waals surface area (Å²) in [6.45, 7) is 3.74. The first kappa shape index (κ1) is 22.8. The van der Waals surface area contributed by atoms with E-state index in [2.05, 4.69) is 9.97 Å². The molecule has 1 aliphatic rings. The molecule has 2 heterocycles. The maximum Gasteiger partial charge on any atom is 0.451 e. The second-order valence-corrected chi connectivity index (χ2v) is 10.5. The molecular formula is C19H22F3N3O3S2. The second kappa shape index (κ2) is 8.70. The molecule has 6 nitrogen and oxygen atoms in total. The number of aromatic nitrogens is 2. The number of benzene rings is 1. The molecule has 1 saturated heterocycles. The summed E-state index contributed by atoms with van der Waals surface area (Å²) >= 11 is 0.911. The molecule has 1 amide bonds. The van der Waals surface area contributed by atoms with Crippen LogP contribution in [0.4, 0.5) is 13.2 Å². The minimum absolute atomic E-state index is 0.0382. The fourth-order valence-electron chi connectivity index (χ4n) is 3.49. The monoisotopic (exact) mass is 461 g/mol. The molecule has 30 heavy (non-hydrogen) atoms. The average Bonchev–Trinajstić information content (AvgIpc) is 3.04. The molecule has 0 N–H and O–H groups in total. The van der Waals surface area contributed by atoms with Crippen molar-refractivity contribution in [2.75, 3.05) is 17.3 Å². The molecule has 0 bridgehead atoms. The minimum atomic E-state index is -4.70. The van der Waals surface area contributed by atoms with Gasteiger partial charge in [-0.3, -0.25) is 4.79 Å². The number of carbonyl (C=O) groups excluding carboxylic acids is 1. The van der Waals surface area contributed by atoms with Crippen molar-refractivity contribution in [3.63, 3.8) is 0 Å². The fourth-order valence-corrected chi connectivity index (χ4v) is 6.09. The van der Waals surface area contributed by atoms with Crippen molar-refractivity contribution in [1.29, 1.82) is 0 Å². The van der Waals surface area contributed by atoms with E-state index in [0.717, 1.165) is 11.8 Å². The van der Waals surface area contributed by atoms with Crippen molar-refractivity contribution in [1.82, 2.24) is 14.9 Å². The average molecular weight is 462 g/mol. The molecule has 1 aromatic heterocycles. The molecule has 1 fully saturated rings. The quantitative estimate of drug-likeness (QED) is 0.484. The van der Waals surface area contributed by atoms with Gasteiger partial charge in [0.2, 0.25) is 11.7 Å². The number of sulfone groups is 1. The zero-order valence-corrected chi connectivity index (χ0v) is 18.1. The number of hydrogen-bond donors (Lipinski definition) is 0. The molecule has 1 aliphatic heterocycles. The van der Waals surface area contributed by atoms with Gasteiger partial charge in [0.05, 0.1) is 22.8 Å². The van der Waals surface area contributed by atoms with E-state index in [-0.39, 0.29) is 39.8 Å². The van der Waals surface area contributed by atoms with Crippen molar-refractivity contribution < 1.29 is 26.4 Å². The van der Waals surface area contributed by atoms with Gasteiger partial charge in [0.1, 0.15) is 5.03 Å². The summed E-state index contributed by atoms with van der Waals surface area (Å²) in [7, 11) is -3.18. The third kappa shape index (κ3) is 5.05. The van der Waals surface area contributed by atoms with Crippen LogP contribution < -0.4 is 0 Å². The number of para-hydroxylation sites is 1. The molecule has 0 aliphatic carbocycles. The summed E-state index contributed by atoms with van der Waals surface area (Å²) in [6.07, 6.45) is -3.69. The lowest BCUT2D eigenvalue weighted by Crippen LogP contribution is -2.47. The van der Waals surface area contributed by atoms with E-state index < -0.39 is 27.9 Å². The summed E-state index contributed by atoms with van der Waals surface area (Å²) in [5.41, 5.74) is 0.149. The highest BCUT2D eigenvalue weighted by Crippen LogP contribution is 2.32. The summed E-state index contributed by atoms with van der Waals surface area (Å²) in [4.78, 5) is 21.8. The highest BCUT2D eigenvalue weighted by Gasteiger charge is 2.37. The van der Waals surface area contributed by atoms with Crippen LogP contribution in [-0.4, -0.2) is 58.5 Å². The Hall–Kier alpha value is -1.88. The molecule has 2 unspecified atom stereocenters. The summed E-state index contributed by atoms with van der Waals surface area (Å²) in [6, 6.07) is 5.74. The normalized spacial score (nSPS) is 19.7. The highest BCUT2D eigenvalue weighted by molar-refractivity contribution is 8.00. The molecule has 1 aromatic carbocycles. The topological polar surface area (TPSA) is 80.2 Å². The number of amides is 1.